The molecule has 172 valence electrons. The van der Waals surface area contributed by atoms with Crippen LogP contribution >= 0.6 is 0 Å². The van der Waals surface area contributed by atoms with E-state index in [0.717, 1.165) is 43.8 Å². The van der Waals surface area contributed by atoms with Crippen molar-refractivity contribution in [3.8, 4) is 11.5 Å². The van der Waals surface area contributed by atoms with Crippen molar-refractivity contribution in [3.05, 3.63) is 95.6 Å². The van der Waals surface area contributed by atoms with Gasteiger partial charge in [0.05, 0.1) is 0 Å². The average molecular weight is 464 g/mol. The topological polar surface area (TPSA) is 55.8 Å². The van der Waals surface area contributed by atoms with Gasteiger partial charge in [-0.2, -0.15) is 8.42 Å². The molecule has 2 atom stereocenters. The number of hydrogen-bond donors (Lipinski definition) is 0. The molecule has 0 amide bonds. The largest absolute Gasteiger partial charge is 0.488 e. The van der Waals surface area contributed by atoms with Crippen LogP contribution in [-0.2, 0) is 27.7 Å². The van der Waals surface area contributed by atoms with E-state index in [1.807, 2.05) is 36.4 Å². The summed E-state index contributed by atoms with van der Waals surface area (Å²) in [5.74, 6) is 1.03. The average Bonchev–Trinajstić information content (AvgIpc) is 3.10. The molecule has 0 aliphatic carbocycles. The first kappa shape index (κ1) is 22.0. The van der Waals surface area contributed by atoms with Crippen molar-refractivity contribution in [2.24, 2.45) is 0 Å². The molecule has 6 heteroatoms. The molecule has 3 aromatic rings. The number of ether oxygens (including phenoxy) is 1. The fraction of sp³-hybridized carbons (Fsp3) is 0.333. The number of likely N-dealkylation sites (tertiary alicyclic amines) is 1. The molecule has 3 aromatic carbocycles. The molecule has 2 aliphatic heterocycles. The van der Waals surface area contributed by atoms with Gasteiger partial charge in [-0.05, 0) is 48.7 Å². The maximum absolute atomic E-state index is 12.6. The molecule has 2 heterocycles. The number of piperidine rings is 1. The molecule has 0 N–H and O–H groups in total. The first-order chi connectivity index (χ1) is 15.9. The van der Waals surface area contributed by atoms with Crippen LogP contribution in [0, 0.1) is 0 Å². The number of benzene rings is 3. The lowest BCUT2D eigenvalue weighted by atomic mass is 9.74. The highest BCUT2D eigenvalue weighted by atomic mass is 32.2. The van der Waals surface area contributed by atoms with Gasteiger partial charge < -0.3 is 8.92 Å². The van der Waals surface area contributed by atoms with Gasteiger partial charge in [-0.1, -0.05) is 67.6 Å². The van der Waals surface area contributed by atoms with Crippen LogP contribution in [0.5, 0.6) is 11.5 Å². The first-order valence-electron chi connectivity index (χ1n) is 11.4. The van der Waals surface area contributed by atoms with E-state index in [0.29, 0.717) is 11.3 Å². The highest BCUT2D eigenvalue weighted by molar-refractivity contribution is 7.86. The van der Waals surface area contributed by atoms with Crippen molar-refractivity contribution in [2.75, 3.05) is 19.6 Å². The molecule has 2 aliphatic rings. The Morgan fingerprint density at radius 1 is 1.00 bits per heavy atom. The van der Waals surface area contributed by atoms with Crippen LogP contribution in [-0.4, -0.2) is 39.1 Å². The van der Waals surface area contributed by atoms with Gasteiger partial charge in [-0.3, -0.25) is 4.90 Å². The standard InChI is InChI=1S/C27H29NO4S/c1-27-15-17-28(16-14-21-8-4-2-5-9-21)19-26(27)31-25-13-12-23(18-24(25)27)32-33(29,30)20-22-10-6-3-7-11-22/h2-13,18,26H,14-17,19-20H2,1H3. The number of rotatable bonds is 7. The second kappa shape index (κ2) is 8.84. The molecule has 0 spiro atoms. The van der Waals surface area contributed by atoms with E-state index in [4.69, 9.17) is 8.92 Å². The molecule has 5 nitrogen and oxygen atoms in total. The van der Waals surface area contributed by atoms with Crippen molar-refractivity contribution in [1.82, 2.24) is 4.90 Å². The van der Waals surface area contributed by atoms with E-state index < -0.39 is 10.1 Å². The van der Waals surface area contributed by atoms with Crippen molar-refractivity contribution >= 4 is 10.1 Å². The minimum atomic E-state index is -3.75. The minimum absolute atomic E-state index is 0.0493. The Kier molecular flexibility index (Phi) is 5.89. The third kappa shape index (κ3) is 4.77. The summed E-state index contributed by atoms with van der Waals surface area (Å²) in [6.45, 7) is 5.07. The number of hydrogen-bond acceptors (Lipinski definition) is 5. The Balaban J connectivity index is 1.26. The summed E-state index contributed by atoms with van der Waals surface area (Å²) in [5, 5.41) is 0. The van der Waals surface area contributed by atoms with Gasteiger partial charge in [0.25, 0.3) is 0 Å². The van der Waals surface area contributed by atoms with Crippen LogP contribution in [0.4, 0.5) is 0 Å². The molecule has 0 bridgehead atoms. The van der Waals surface area contributed by atoms with Crippen LogP contribution in [0.2, 0.25) is 0 Å². The maximum Gasteiger partial charge on any atom is 0.313 e. The Morgan fingerprint density at radius 2 is 1.70 bits per heavy atom. The lowest BCUT2D eigenvalue weighted by molar-refractivity contribution is 0.0514. The maximum atomic E-state index is 12.6. The predicted molar refractivity (Wildman–Crippen MR) is 129 cm³/mol. The van der Waals surface area contributed by atoms with Gasteiger partial charge in [0, 0.05) is 24.1 Å². The molecule has 1 fully saturated rings. The van der Waals surface area contributed by atoms with Crippen molar-refractivity contribution in [3.63, 3.8) is 0 Å². The van der Waals surface area contributed by atoms with E-state index in [1.165, 1.54) is 5.56 Å². The normalized spacial score (nSPS) is 22.3. The highest BCUT2D eigenvalue weighted by Gasteiger charge is 2.48. The SMILES string of the molecule is CC12CCN(CCc3ccccc3)CC1Oc1ccc(OS(=O)(=O)Cc3ccccc3)cc12. The van der Waals surface area contributed by atoms with Gasteiger partial charge in [0.15, 0.2) is 0 Å². The number of nitrogens with zero attached hydrogens (tertiary/aromatic N) is 1. The van der Waals surface area contributed by atoms with Crippen LogP contribution in [0.15, 0.2) is 78.9 Å². The van der Waals surface area contributed by atoms with Crippen molar-refractivity contribution in [2.45, 2.75) is 37.0 Å². The molecule has 0 radical (unpaired) electrons. The lowest BCUT2D eigenvalue weighted by Crippen LogP contribution is -2.51. The monoisotopic (exact) mass is 463 g/mol. The summed E-state index contributed by atoms with van der Waals surface area (Å²) < 4.78 is 37.0. The lowest BCUT2D eigenvalue weighted by Gasteiger charge is -2.41. The molecular formula is C27H29NO4S. The molecule has 33 heavy (non-hydrogen) atoms. The van der Waals surface area contributed by atoms with Gasteiger partial charge >= 0.3 is 10.1 Å². The minimum Gasteiger partial charge on any atom is -0.488 e. The zero-order chi connectivity index (χ0) is 22.9. The van der Waals surface area contributed by atoms with Crippen molar-refractivity contribution < 1.29 is 17.3 Å². The summed E-state index contributed by atoms with van der Waals surface area (Å²) in [7, 11) is -3.75. The molecule has 1 saturated heterocycles. The van der Waals surface area contributed by atoms with Crippen LogP contribution in [0.1, 0.15) is 30.0 Å². The quantitative estimate of drug-likeness (QED) is 0.481. The summed E-state index contributed by atoms with van der Waals surface area (Å²) in [6, 6.07) is 25.0. The first-order valence-corrected chi connectivity index (χ1v) is 13.0. The second-order valence-electron chi connectivity index (χ2n) is 9.24. The number of fused-ring (bicyclic) bond motifs is 3. The molecule has 0 aromatic heterocycles. The van der Waals surface area contributed by atoms with Gasteiger partial charge in [-0.15, -0.1) is 0 Å². The van der Waals surface area contributed by atoms with Crippen molar-refractivity contribution in [1.29, 1.82) is 0 Å². The summed E-state index contributed by atoms with van der Waals surface area (Å²) in [4.78, 5) is 2.47. The van der Waals surface area contributed by atoms with E-state index >= 15 is 0 Å². The third-order valence-corrected chi connectivity index (χ3v) is 8.02. The molecule has 0 saturated carbocycles. The van der Waals surface area contributed by atoms with Gasteiger partial charge in [-0.25, -0.2) is 0 Å². The van der Waals surface area contributed by atoms with E-state index in [1.54, 1.807) is 18.2 Å². The zero-order valence-electron chi connectivity index (χ0n) is 18.8. The van der Waals surface area contributed by atoms with Gasteiger partial charge in [0.2, 0.25) is 0 Å². The van der Waals surface area contributed by atoms with Crippen LogP contribution in [0.3, 0.4) is 0 Å². The Labute approximate surface area is 196 Å². The summed E-state index contributed by atoms with van der Waals surface area (Å²) in [6.07, 6.45) is 2.03. The highest BCUT2D eigenvalue weighted by Crippen LogP contribution is 2.48. The third-order valence-electron chi connectivity index (χ3n) is 6.89. The summed E-state index contributed by atoms with van der Waals surface area (Å²) in [5.41, 5.74) is 2.95. The smallest absolute Gasteiger partial charge is 0.313 e. The molecule has 2 unspecified atom stereocenters. The van der Waals surface area contributed by atoms with E-state index in [-0.39, 0.29) is 17.3 Å². The fourth-order valence-electron chi connectivity index (χ4n) is 4.91. The van der Waals surface area contributed by atoms with E-state index in [2.05, 4.69) is 36.1 Å². The zero-order valence-corrected chi connectivity index (χ0v) is 19.6. The Bertz CT molecular complexity index is 1210. The summed E-state index contributed by atoms with van der Waals surface area (Å²) >= 11 is 0. The van der Waals surface area contributed by atoms with Crippen LogP contribution in [0.25, 0.3) is 0 Å². The fourth-order valence-corrected chi connectivity index (χ4v) is 5.96. The molecular weight excluding hydrogens is 434 g/mol. The second-order valence-corrected chi connectivity index (χ2v) is 10.8. The Hall–Kier alpha value is -2.83. The predicted octanol–water partition coefficient (Wildman–Crippen LogP) is 4.56. The van der Waals surface area contributed by atoms with E-state index in [9.17, 15) is 8.42 Å². The Morgan fingerprint density at radius 3 is 2.42 bits per heavy atom. The van der Waals surface area contributed by atoms with Crippen LogP contribution < -0.4 is 8.92 Å². The van der Waals surface area contributed by atoms with Gasteiger partial charge in [0.1, 0.15) is 23.4 Å². The molecule has 5 rings (SSSR count).